The number of para-hydroxylation sites is 1. The largest absolute Gasteiger partial charge is 0.380 e. The van der Waals surface area contributed by atoms with Gasteiger partial charge in [-0.05, 0) is 38.0 Å². The van der Waals surface area contributed by atoms with Gasteiger partial charge in [-0.2, -0.15) is 26.3 Å². The van der Waals surface area contributed by atoms with E-state index in [1.807, 2.05) is 6.92 Å². The molecule has 4 rings (SSSR count). The number of unbranched alkanes of at least 4 members (excludes halogenated alkanes) is 1. The Morgan fingerprint density at radius 3 is 2.23 bits per heavy atom. The quantitative estimate of drug-likeness (QED) is 0.216. The zero-order valence-electron chi connectivity index (χ0n) is 22.8. The summed E-state index contributed by atoms with van der Waals surface area (Å²) >= 11 is 0.978. The number of ether oxygens (including phenoxy) is 1. The molecule has 3 nitrogen and oxygen atoms in total. The molecule has 1 atom stereocenters. The maximum Gasteiger partial charge on any atom is 0.380 e. The molecule has 1 aromatic carbocycles. The lowest BCUT2D eigenvalue weighted by molar-refractivity contribution is -0.254. The van der Waals surface area contributed by atoms with Gasteiger partial charge in [-0.25, -0.2) is 0 Å². The molecule has 2 aromatic heterocycles. The summed E-state index contributed by atoms with van der Waals surface area (Å²) in [6.07, 6.45) is 0.308. The van der Waals surface area contributed by atoms with E-state index >= 15 is 26.3 Å². The first kappa shape index (κ1) is 29.7. The van der Waals surface area contributed by atoms with Gasteiger partial charge in [-0.3, -0.25) is 0 Å². The minimum Gasteiger partial charge on any atom is -0.367 e. The van der Waals surface area contributed by atoms with E-state index in [0.717, 1.165) is 17.8 Å². The van der Waals surface area contributed by atoms with E-state index in [1.54, 1.807) is 43.5 Å². The molecule has 0 spiro atoms. The highest BCUT2D eigenvalue weighted by atomic mass is 32.1. The molecule has 0 radical (unpaired) electrons. The molecule has 1 aliphatic rings. The summed E-state index contributed by atoms with van der Waals surface area (Å²) in [4.78, 5) is 0.515. The number of fused-ring (bicyclic) bond motifs is 1. The summed E-state index contributed by atoms with van der Waals surface area (Å²) in [6.45, 7) is 10.3. The van der Waals surface area contributed by atoms with Crippen LogP contribution in [-0.2, 0) is 17.9 Å². The highest BCUT2D eigenvalue weighted by molar-refractivity contribution is 7.12. The fourth-order valence-corrected chi connectivity index (χ4v) is 6.00. The van der Waals surface area contributed by atoms with Crippen molar-refractivity contribution in [1.82, 2.24) is 4.57 Å². The molecule has 0 aliphatic heterocycles. The molecule has 39 heavy (non-hydrogen) atoms. The van der Waals surface area contributed by atoms with Crippen molar-refractivity contribution < 1.29 is 36.2 Å². The summed E-state index contributed by atoms with van der Waals surface area (Å²) in [7, 11) is 0. The van der Waals surface area contributed by atoms with E-state index in [-0.39, 0.29) is 33.7 Å². The first-order valence-corrected chi connectivity index (χ1v) is 13.7. The predicted octanol–water partition coefficient (Wildman–Crippen LogP) is 8.83. The Labute approximate surface area is 228 Å². The second-order valence-electron chi connectivity index (χ2n) is 11.2. The molecule has 0 amide bonds. The molecular weight excluding hydrogens is 540 g/mol. The fraction of sp³-hybridized carbons (Fsp3) is 0.517. The number of rotatable bonds is 8. The highest BCUT2D eigenvalue weighted by Gasteiger charge is 2.80. The highest BCUT2D eigenvalue weighted by Crippen LogP contribution is 2.66. The van der Waals surface area contributed by atoms with Crippen LogP contribution < -0.4 is 0 Å². The third kappa shape index (κ3) is 4.62. The average Bonchev–Trinajstić information content (AvgIpc) is 3.37. The van der Waals surface area contributed by atoms with Crippen LogP contribution in [-0.4, -0.2) is 33.7 Å². The minimum absolute atomic E-state index is 0.173. The summed E-state index contributed by atoms with van der Waals surface area (Å²) in [6, 6.07) is 7.65. The van der Waals surface area contributed by atoms with Gasteiger partial charge in [0, 0.05) is 55.0 Å². The zero-order valence-corrected chi connectivity index (χ0v) is 23.6. The van der Waals surface area contributed by atoms with Gasteiger partial charge in [0.05, 0.1) is 6.61 Å². The van der Waals surface area contributed by atoms with Gasteiger partial charge < -0.3 is 14.4 Å². The molecule has 2 heterocycles. The SMILES string of the molecule is CCCCn1c(C)c(C2=C(c3cc(COC(O)C(C)(C)C)sc3C)C(F)(F)C(F)(F)C2(F)F)c2ccccc21. The second kappa shape index (κ2) is 9.96. The Morgan fingerprint density at radius 1 is 1.00 bits per heavy atom. The van der Waals surface area contributed by atoms with E-state index < -0.39 is 40.6 Å². The van der Waals surface area contributed by atoms with E-state index in [4.69, 9.17) is 4.74 Å². The van der Waals surface area contributed by atoms with E-state index in [0.29, 0.717) is 23.4 Å². The molecule has 1 N–H and O–H groups in total. The Kier molecular flexibility index (Phi) is 7.58. The third-order valence-corrected chi connectivity index (χ3v) is 8.27. The Morgan fingerprint density at radius 2 is 1.62 bits per heavy atom. The molecule has 0 saturated heterocycles. The van der Waals surface area contributed by atoms with Crippen molar-refractivity contribution in [2.75, 3.05) is 0 Å². The number of aromatic nitrogens is 1. The Balaban J connectivity index is 1.98. The molecule has 0 bridgehead atoms. The number of alkyl halides is 6. The molecule has 1 aliphatic carbocycles. The standard InChI is InChI=1S/C29H33F6NO2S/c1-7-8-13-36-16(2)22(19-11-9-10-12-21(19)36)24-23(27(30,31)29(34,35)28(24,32)33)20-14-18(39-17(20)3)15-38-25(37)26(4,5)6/h9-12,14,25,37H,7-8,13,15H2,1-6H3. The van der Waals surface area contributed by atoms with Gasteiger partial charge in [0.15, 0.2) is 6.29 Å². The van der Waals surface area contributed by atoms with Gasteiger partial charge in [-0.1, -0.05) is 52.3 Å². The monoisotopic (exact) mass is 573 g/mol. The smallest absolute Gasteiger partial charge is 0.367 e. The van der Waals surface area contributed by atoms with Gasteiger partial charge in [-0.15, -0.1) is 11.3 Å². The van der Waals surface area contributed by atoms with Crippen molar-refractivity contribution in [2.24, 2.45) is 5.41 Å². The Hall–Kier alpha value is -2.30. The molecular formula is C29H33F6NO2S. The number of hydrogen-bond donors (Lipinski definition) is 1. The number of aliphatic hydroxyl groups is 1. The maximum atomic E-state index is 15.6. The predicted molar refractivity (Wildman–Crippen MR) is 143 cm³/mol. The number of thiophene rings is 1. The van der Waals surface area contributed by atoms with Gasteiger partial charge in [0.25, 0.3) is 0 Å². The lowest BCUT2D eigenvalue weighted by Crippen LogP contribution is -2.49. The van der Waals surface area contributed by atoms with Crippen molar-refractivity contribution >= 4 is 33.4 Å². The average molecular weight is 574 g/mol. The van der Waals surface area contributed by atoms with Gasteiger partial charge in [0.2, 0.25) is 0 Å². The Bertz CT molecular complexity index is 1410. The number of halogens is 6. The molecule has 214 valence electrons. The zero-order chi connectivity index (χ0) is 29.1. The minimum atomic E-state index is -5.64. The lowest BCUT2D eigenvalue weighted by atomic mass is 9.93. The molecule has 0 saturated carbocycles. The molecule has 0 fully saturated rings. The van der Waals surface area contributed by atoms with Crippen molar-refractivity contribution in [1.29, 1.82) is 0 Å². The number of benzene rings is 1. The molecule has 3 aromatic rings. The maximum absolute atomic E-state index is 15.6. The third-order valence-electron chi connectivity index (χ3n) is 7.25. The topological polar surface area (TPSA) is 34.4 Å². The fourth-order valence-electron chi connectivity index (χ4n) is 5.04. The summed E-state index contributed by atoms with van der Waals surface area (Å²) in [5, 5.41) is 10.4. The number of aryl methyl sites for hydroxylation is 2. The van der Waals surface area contributed by atoms with Crippen LogP contribution in [0.5, 0.6) is 0 Å². The second-order valence-corrected chi connectivity index (χ2v) is 12.5. The normalized spacial score (nSPS) is 19.3. The molecule has 1 unspecified atom stereocenters. The van der Waals surface area contributed by atoms with E-state index in [1.165, 1.54) is 26.0 Å². The first-order chi connectivity index (χ1) is 18.0. The van der Waals surface area contributed by atoms with Crippen LogP contribution in [0.1, 0.15) is 67.1 Å². The van der Waals surface area contributed by atoms with E-state index in [2.05, 4.69) is 0 Å². The van der Waals surface area contributed by atoms with Crippen LogP contribution in [0.3, 0.4) is 0 Å². The lowest BCUT2D eigenvalue weighted by Gasteiger charge is -2.26. The van der Waals surface area contributed by atoms with Crippen molar-refractivity contribution in [2.45, 2.75) is 91.6 Å². The number of allylic oxidation sites excluding steroid dienone is 2. The molecule has 10 heteroatoms. The van der Waals surface area contributed by atoms with Crippen LogP contribution in [0.2, 0.25) is 0 Å². The number of nitrogens with zero attached hydrogens (tertiary/aromatic N) is 1. The van der Waals surface area contributed by atoms with Crippen LogP contribution in [0.15, 0.2) is 30.3 Å². The van der Waals surface area contributed by atoms with Crippen LogP contribution in [0.25, 0.3) is 22.0 Å². The summed E-state index contributed by atoms with van der Waals surface area (Å²) in [5.74, 6) is -15.9. The van der Waals surface area contributed by atoms with Crippen LogP contribution >= 0.6 is 11.3 Å². The van der Waals surface area contributed by atoms with E-state index in [9.17, 15) is 5.11 Å². The first-order valence-electron chi connectivity index (χ1n) is 12.8. The van der Waals surface area contributed by atoms with Gasteiger partial charge in [0.1, 0.15) is 0 Å². The number of aliphatic hydroxyl groups excluding tert-OH is 1. The van der Waals surface area contributed by atoms with Crippen LogP contribution in [0.4, 0.5) is 26.3 Å². The van der Waals surface area contributed by atoms with Crippen LogP contribution in [0, 0.1) is 19.3 Å². The summed E-state index contributed by atoms with van der Waals surface area (Å²) in [5.41, 5.74) is -3.24. The number of hydrogen-bond acceptors (Lipinski definition) is 3. The summed E-state index contributed by atoms with van der Waals surface area (Å²) < 4.78 is 99.6. The van der Waals surface area contributed by atoms with Crippen molar-refractivity contribution in [3.05, 3.63) is 56.9 Å². The van der Waals surface area contributed by atoms with Gasteiger partial charge >= 0.3 is 17.8 Å². The van der Waals surface area contributed by atoms with Crippen molar-refractivity contribution in [3.8, 4) is 0 Å². The van der Waals surface area contributed by atoms with Crippen molar-refractivity contribution in [3.63, 3.8) is 0 Å².